The smallest absolute Gasteiger partial charge is 0.150 e. The van der Waals surface area contributed by atoms with Crippen molar-refractivity contribution >= 4 is 12.0 Å². The van der Waals surface area contributed by atoms with Crippen molar-refractivity contribution in [1.29, 1.82) is 0 Å². The number of aldehydes is 1. The number of rotatable bonds is 4. The van der Waals surface area contributed by atoms with Gasteiger partial charge >= 0.3 is 0 Å². The van der Waals surface area contributed by atoms with Crippen LogP contribution in [0.2, 0.25) is 0 Å². The van der Waals surface area contributed by atoms with Gasteiger partial charge in [0.25, 0.3) is 0 Å². The Hall–Kier alpha value is -1.31. The van der Waals surface area contributed by atoms with Crippen LogP contribution in [0.4, 0.5) is 5.69 Å². The van der Waals surface area contributed by atoms with Crippen LogP contribution in [0.25, 0.3) is 0 Å². The Bertz CT molecular complexity index is 388. The minimum atomic E-state index is 0.641. The maximum atomic E-state index is 10.8. The molecule has 0 aromatic heterocycles. The van der Waals surface area contributed by atoms with Crippen molar-refractivity contribution in [2.45, 2.75) is 39.2 Å². The zero-order valence-corrected chi connectivity index (χ0v) is 10.7. The predicted molar refractivity (Wildman–Crippen MR) is 71.7 cm³/mol. The van der Waals surface area contributed by atoms with Crippen molar-refractivity contribution in [3.63, 3.8) is 0 Å². The lowest BCUT2D eigenvalue weighted by molar-refractivity contribution is 0.112. The molecule has 2 rings (SSSR count). The Labute approximate surface area is 104 Å². The van der Waals surface area contributed by atoms with E-state index in [-0.39, 0.29) is 0 Å². The number of hydrogen-bond donors (Lipinski definition) is 0. The van der Waals surface area contributed by atoms with Crippen molar-refractivity contribution in [2.24, 2.45) is 5.92 Å². The lowest BCUT2D eigenvalue weighted by Crippen LogP contribution is -2.34. The van der Waals surface area contributed by atoms with Gasteiger partial charge in [-0.3, -0.25) is 4.79 Å². The summed E-state index contributed by atoms with van der Waals surface area (Å²) in [7, 11) is 0. The minimum Gasteiger partial charge on any atom is -0.368 e. The summed E-state index contributed by atoms with van der Waals surface area (Å²) in [5.41, 5.74) is 1.98. The van der Waals surface area contributed by atoms with Crippen molar-refractivity contribution in [3.8, 4) is 0 Å². The van der Waals surface area contributed by atoms with E-state index in [9.17, 15) is 4.79 Å². The van der Waals surface area contributed by atoms with Crippen LogP contribution in [-0.4, -0.2) is 18.9 Å². The largest absolute Gasteiger partial charge is 0.368 e. The number of hydrogen-bond acceptors (Lipinski definition) is 2. The van der Waals surface area contributed by atoms with E-state index in [1.807, 2.05) is 18.2 Å². The van der Waals surface area contributed by atoms with Crippen LogP contribution < -0.4 is 4.90 Å². The van der Waals surface area contributed by atoms with E-state index < -0.39 is 0 Å². The van der Waals surface area contributed by atoms with E-state index in [1.165, 1.54) is 24.9 Å². The van der Waals surface area contributed by atoms with Crippen molar-refractivity contribution < 1.29 is 4.79 Å². The third-order valence-corrected chi connectivity index (χ3v) is 3.94. The van der Waals surface area contributed by atoms with Crippen LogP contribution in [0.15, 0.2) is 24.3 Å². The molecule has 0 amide bonds. The first-order valence-corrected chi connectivity index (χ1v) is 6.58. The van der Waals surface area contributed by atoms with Gasteiger partial charge in [-0.2, -0.15) is 0 Å². The highest BCUT2D eigenvalue weighted by molar-refractivity contribution is 5.77. The molecule has 92 valence electrons. The van der Waals surface area contributed by atoms with E-state index >= 15 is 0 Å². The molecule has 1 aromatic carbocycles. The number of carbonyl (C=O) groups excluding carboxylic acids is 1. The highest BCUT2D eigenvalue weighted by atomic mass is 16.1. The molecule has 1 saturated heterocycles. The van der Waals surface area contributed by atoms with E-state index in [0.717, 1.165) is 24.3 Å². The van der Waals surface area contributed by atoms with E-state index in [4.69, 9.17) is 0 Å². The van der Waals surface area contributed by atoms with E-state index in [0.29, 0.717) is 6.04 Å². The molecule has 1 heterocycles. The second kappa shape index (κ2) is 5.35. The average Bonchev–Trinajstić information content (AvgIpc) is 2.87. The summed E-state index contributed by atoms with van der Waals surface area (Å²) in [6.07, 6.45) is 4.69. The van der Waals surface area contributed by atoms with Crippen molar-refractivity contribution in [3.05, 3.63) is 29.8 Å². The number of benzene rings is 1. The summed E-state index contributed by atoms with van der Waals surface area (Å²) < 4.78 is 0. The molecular formula is C15H21NO. The standard InChI is InChI=1S/C15H21NO/c1-3-12(2)15-8-5-9-16(15)14-7-4-6-13(10-14)11-17/h4,6-7,10-12,15H,3,5,8-9H2,1-2H3. The van der Waals surface area contributed by atoms with Gasteiger partial charge in [0, 0.05) is 23.8 Å². The lowest BCUT2D eigenvalue weighted by Gasteiger charge is -2.31. The first kappa shape index (κ1) is 12.2. The molecule has 2 nitrogen and oxygen atoms in total. The molecule has 2 unspecified atom stereocenters. The lowest BCUT2D eigenvalue weighted by atomic mass is 9.96. The Balaban J connectivity index is 2.22. The van der Waals surface area contributed by atoms with Gasteiger partial charge in [0.05, 0.1) is 0 Å². The molecule has 1 fully saturated rings. The fourth-order valence-corrected chi connectivity index (χ4v) is 2.75. The molecule has 0 aliphatic carbocycles. The highest BCUT2D eigenvalue weighted by Gasteiger charge is 2.28. The average molecular weight is 231 g/mol. The normalized spacial score (nSPS) is 21.5. The molecule has 0 saturated carbocycles. The summed E-state index contributed by atoms with van der Waals surface area (Å²) in [5, 5.41) is 0. The van der Waals surface area contributed by atoms with Gasteiger partial charge in [-0.05, 0) is 30.9 Å². The summed E-state index contributed by atoms with van der Waals surface area (Å²) in [5.74, 6) is 0.720. The highest BCUT2D eigenvalue weighted by Crippen LogP contribution is 2.31. The Kier molecular flexibility index (Phi) is 3.82. The van der Waals surface area contributed by atoms with Crippen LogP contribution in [0.1, 0.15) is 43.5 Å². The molecule has 0 spiro atoms. The zero-order chi connectivity index (χ0) is 12.3. The maximum Gasteiger partial charge on any atom is 0.150 e. The molecule has 0 N–H and O–H groups in total. The monoisotopic (exact) mass is 231 g/mol. The first-order chi connectivity index (χ1) is 8.26. The van der Waals surface area contributed by atoms with Gasteiger partial charge in [-0.25, -0.2) is 0 Å². The van der Waals surface area contributed by atoms with Crippen molar-refractivity contribution in [2.75, 3.05) is 11.4 Å². The molecule has 17 heavy (non-hydrogen) atoms. The van der Waals surface area contributed by atoms with E-state index in [2.05, 4.69) is 24.8 Å². The molecule has 1 aliphatic rings. The Morgan fingerprint density at radius 2 is 2.35 bits per heavy atom. The second-order valence-corrected chi connectivity index (χ2v) is 5.00. The molecule has 1 aromatic rings. The fraction of sp³-hybridized carbons (Fsp3) is 0.533. The van der Waals surface area contributed by atoms with Crippen LogP contribution in [0, 0.1) is 5.92 Å². The molecular weight excluding hydrogens is 210 g/mol. The third kappa shape index (κ3) is 2.51. The zero-order valence-electron chi connectivity index (χ0n) is 10.7. The summed E-state index contributed by atoms with van der Waals surface area (Å²) >= 11 is 0. The Morgan fingerprint density at radius 3 is 3.06 bits per heavy atom. The Morgan fingerprint density at radius 1 is 1.53 bits per heavy atom. The predicted octanol–water partition coefficient (Wildman–Crippen LogP) is 3.51. The topological polar surface area (TPSA) is 20.3 Å². The quantitative estimate of drug-likeness (QED) is 0.739. The molecule has 0 radical (unpaired) electrons. The van der Waals surface area contributed by atoms with Gasteiger partial charge in [0.1, 0.15) is 6.29 Å². The number of anilines is 1. The van der Waals surface area contributed by atoms with Gasteiger partial charge in [-0.1, -0.05) is 32.4 Å². The van der Waals surface area contributed by atoms with Gasteiger partial charge < -0.3 is 4.90 Å². The SMILES string of the molecule is CCC(C)C1CCCN1c1cccc(C=O)c1. The van der Waals surface area contributed by atoms with E-state index in [1.54, 1.807) is 0 Å². The van der Waals surface area contributed by atoms with Crippen LogP contribution in [0.3, 0.4) is 0 Å². The molecule has 2 heteroatoms. The second-order valence-electron chi connectivity index (χ2n) is 5.00. The summed E-state index contributed by atoms with van der Waals surface area (Å²) in [6, 6.07) is 8.61. The minimum absolute atomic E-state index is 0.641. The first-order valence-electron chi connectivity index (χ1n) is 6.58. The fourth-order valence-electron chi connectivity index (χ4n) is 2.75. The summed E-state index contributed by atoms with van der Waals surface area (Å²) in [6.45, 7) is 5.70. The van der Waals surface area contributed by atoms with Crippen LogP contribution >= 0.6 is 0 Å². The van der Waals surface area contributed by atoms with Gasteiger partial charge in [0.2, 0.25) is 0 Å². The molecule has 0 bridgehead atoms. The van der Waals surface area contributed by atoms with Gasteiger partial charge in [0.15, 0.2) is 0 Å². The molecule has 1 aliphatic heterocycles. The maximum absolute atomic E-state index is 10.8. The number of nitrogens with zero attached hydrogens (tertiary/aromatic N) is 1. The summed E-state index contributed by atoms with van der Waals surface area (Å²) in [4.78, 5) is 13.3. The molecule has 2 atom stereocenters. The number of carbonyl (C=O) groups is 1. The van der Waals surface area contributed by atoms with Gasteiger partial charge in [-0.15, -0.1) is 0 Å². The van der Waals surface area contributed by atoms with Crippen LogP contribution in [0.5, 0.6) is 0 Å². The third-order valence-electron chi connectivity index (χ3n) is 3.94. The van der Waals surface area contributed by atoms with Crippen LogP contribution in [-0.2, 0) is 0 Å². The van der Waals surface area contributed by atoms with Crippen molar-refractivity contribution in [1.82, 2.24) is 0 Å².